The molecule has 1 heterocycles. The largest absolute Gasteiger partial charge is 0.486 e. The lowest BCUT2D eigenvalue weighted by molar-refractivity contribution is 0.0344. The number of carbonyl (C=O) groups excluding carboxylic acids is 1. The summed E-state index contributed by atoms with van der Waals surface area (Å²) in [4.78, 5) is 28.1. The second-order valence-corrected chi connectivity index (χ2v) is 11.1. The molecule has 11 heteroatoms. The van der Waals surface area contributed by atoms with Gasteiger partial charge in [0.1, 0.15) is 6.10 Å². The number of nitrogens with one attached hydrogen (secondary N) is 1. The normalized spacial score (nSPS) is 19.2. The van der Waals surface area contributed by atoms with E-state index in [2.05, 4.69) is 4.72 Å². The van der Waals surface area contributed by atoms with E-state index in [1.165, 1.54) is 0 Å². The van der Waals surface area contributed by atoms with E-state index >= 15 is 0 Å². The summed E-state index contributed by atoms with van der Waals surface area (Å²) in [5, 5.41) is 18.9. The Morgan fingerprint density at radius 3 is 2.50 bits per heavy atom. The summed E-state index contributed by atoms with van der Waals surface area (Å²) < 4.78 is 32.8. The number of ether oxygens (including phenoxy) is 1. The summed E-state index contributed by atoms with van der Waals surface area (Å²) in [5.41, 5.74) is 1.52. The summed E-state index contributed by atoms with van der Waals surface area (Å²) in [6, 6.07) is 10.9. The Labute approximate surface area is 211 Å². The van der Waals surface area contributed by atoms with Gasteiger partial charge in [0, 0.05) is 25.6 Å². The molecule has 2 aromatic rings. The van der Waals surface area contributed by atoms with Crippen molar-refractivity contribution >= 4 is 27.6 Å². The van der Waals surface area contributed by atoms with Crippen molar-refractivity contribution in [3.63, 3.8) is 0 Å². The summed E-state index contributed by atoms with van der Waals surface area (Å²) >= 11 is 0. The number of hydrogen-bond donors (Lipinski definition) is 3. The Hall–Kier alpha value is -3.15. The smallest absolute Gasteiger partial charge is 0.335 e. The predicted octanol–water partition coefficient (Wildman–Crippen LogP) is 2.11. The van der Waals surface area contributed by atoms with E-state index in [1.807, 2.05) is 18.9 Å². The van der Waals surface area contributed by atoms with Crippen LogP contribution in [0.3, 0.4) is 0 Å². The van der Waals surface area contributed by atoms with E-state index in [-0.39, 0.29) is 41.0 Å². The highest BCUT2D eigenvalue weighted by atomic mass is 32.2. The lowest BCUT2D eigenvalue weighted by Gasteiger charge is -2.38. The van der Waals surface area contributed by atoms with Gasteiger partial charge >= 0.3 is 5.97 Å². The number of fused-ring (bicyclic) bond motifs is 1. The maximum Gasteiger partial charge on any atom is 0.335 e. The third kappa shape index (κ3) is 6.74. The number of aliphatic hydroxyl groups is 1. The average molecular weight is 520 g/mol. The maximum absolute atomic E-state index is 13.4. The van der Waals surface area contributed by atoms with Crippen LogP contribution in [0, 0.1) is 5.92 Å². The minimum Gasteiger partial charge on any atom is -0.486 e. The summed E-state index contributed by atoms with van der Waals surface area (Å²) in [7, 11) is -1.73. The fourth-order valence-electron chi connectivity index (χ4n) is 4.18. The van der Waals surface area contributed by atoms with Crippen LogP contribution in [-0.4, -0.2) is 85.5 Å². The van der Waals surface area contributed by atoms with Crippen LogP contribution in [0.5, 0.6) is 5.75 Å². The quantitative estimate of drug-likeness (QED) is 0.458. The molecule has 0 saturated heterocycles. The Bertz CT molecular complexity index is 1200. The van der Waals surface area contributed by atoms with Gasteiger partial charge < -0.3 is 19.8 Å². The van der Waals surface area contributed by atoms with E-state index < -0.39 is 28.1 Å². The monoisotopic (exact) mass is 519 g/mol. The van der Waals surface area contributed by atoms with E-state index in [1.54, 1.807) is 54.3 Å². The molecule has 3 N–H and O–H groups in total. The SMILES string of the molecule is C[C@H](CO)N1C[C@H](C)[C@@H](CN(C)Cc2ccc(C(=O)O)cc2)Oc2c(NS(C)(=O)=O)cccc2C1=O. The number of carboxylic acid groups (broad SMARTS) is 1. The van der Waals surface area contributed by atoms with Gasteiger partial charge in [-0.25, -0.2) is 13.2 Å². The standard InChI is InChI=1S/C25H33N3O7S/c1-16-12-28(17(2)15-29)24(30)20-6-5-7-21(26-36(4,33)34)23(20)35-22(16)14-27(3)13-18-8-10-19(11-9-18)25(31)32/h5-11,16-17,22,26,29H,12-15H2,1-4H3,(H,31,32)/t16-,17+,22+/m0/s1. The van der Waals surface area contributed by atoms with Crippen molar-refractivity contribution in [1.82, 2.24) is 9.80 Å². The van der Waals surface area contributed by atoms with Crippen molar-refractivity contribution in [1.29, 1.82) is 0 Å². The van der Waals surface area contributed by atoms with E-state index in [9.17, 15) is 23.1 Å². The summed E-state index contributed by atoms with van der Waals surface area (Å²) in [6.07, 6.45) is 0.608. The molecular weight excluding hydrogens is 486 g/mol. The molecule has 0 spiro atoms. The van der Waals surface area contributed by atoms with Gasteiger partial charge in [0.25, 0.3) is 5.91 Å². The highest BCUT2D eigenvalue weighted by Crippen LogP contribution is 2.35. The number of aliphatic hydroxyl groups excluding tert-OH is 1. The number of carbonyl (C=O) groups is 2. The first kappa shape index (κ1) is 27.4. The molecule has 1 aliphatic rings. The number of para-hydroxylation sites is 1. The predicted molar refractivity (Wildman–Crippen MR) is 136 cm³/mol. The zero-order valence-electron chi connectivity index (χ0n) is 20.8. The van der Waals surface area contributed by atoms with Crippen LogP contribution in [0.1, 0.15) is 40.1 Å². The van der Waals surface area contributed by atoms with Gasteiger partial charge in [-0.15, -0.1) is 0 Å². The Morgan fingerprint density at radius 1 is 1.25 bits per heavy atom. The van der Waals surface area contributed by atoms with Gasteiger partial charge in [-0.1, -0.05) is 25.1 Å². The van der Waals surface area contributed by atoms with Crippen molar-refractivity contribution in [2.24, 2.45) is 5.92 Å². The number of sulfonamides is 1. The third-order valence-electron chi connectivity index (χ3n) is 6.13. The molecule has 0 radical (unpaired) electrons. The Balaban J connectivity index is 1.93. The topological polar surface area (TPSA) is 136 Å². The number of carboxylic acids is 1. The van der Waals surface area contributed by atoms with Gasteiger partial charge in [-0.3, -0.25) is 14.4 Å². The minimum absolute atomic E-state index is 0.152. The third-order valence-corrected chi connectivity index (χ3v) is 6.72. The van der Waals surface area contributed by atoms with Gasteiger partial charge in [-0.05, 0) is 43.8 Å². The molecule has 3 atom stereocenters. The van der Waals surface area contributed by atoms with Crippen molar-refractivity contribution in [2.75, 3.05) is 37.7 Å². The molecule has 2 aromatic carbocycles. The Kier molecular flexibility index (Phi) is 8.59. The van der Waals surface area contributed by atoms with E-state index in [4.69, 9.17) is 9.84 Å². The molecule has 196 valence electrons. The van der Waals surface area contributed by atoms with Crippen molar-refractivity contribution in [2.45, 2.75) is 32.5 Å². The molecular formula is C25H33N3O7S. The van der Waals surface area contributed by atoms with Crippen molar-refractivity contribution < 1.29 is 33.0 Å². The average Bonchev–Trinajstić information content (AvgIpc) is 2.80. The molecule has 0 saturated carbocycles. The number of hydrogen-bond acceptors (Lipinski definition) is 7. The molecule has 0 fully saturated rings. The highest BCUT2D eigenvalue weighted by Gasteiger charge is 2.34. The lowest BCUT2D eigenvalue weighted by Crippen LogP contribution is -2.49. The molecule has 1 aliphatic heterocycles. The number of amides is 1. The number of benzene rings is 2. The van der Waals surface area contributed by atoms with Gasteiger partial charge in [-0.2, -0.15) is 0 Å². The number of nitrogens with zero attached hydrogens (tertiary/aromatic N) is 2. The number of likely N-dealkylation sites (N-methyl/N-ethyl adjacent to an activating group) is 1. The molecule has 36 heavy (non-hydrogen) atoms. The van der Waals surface area contributed by atoms with Gasteiger partial charge in [0.05, 0.1) is 35.7 Å². The summed E-state index contributed by atoms with van der Waals surface area (Å²) in [6.45, 7) is 4.81. The molecule has 0 unspecified atom stereocenters. The zero-order chi connectivity index (χ0) is 26.6. The van der Waals surface area contributed by atoms with E-state index in [0.717, 1.165) is 11.8 Å². The van der Waals surface area contributed by atoms with Crippen molar-refractivity contribution in [3.8, 4) is 5.75 Å². The van der Waals surface area contributed by atoms with E-state index in [0.29, 0.717) is 19.6 Å². The van der Waals surface area contributed by atoms with Gasteiger partial charge in [0.15, 0.2) is 5.75 Å². The van der Waals surface area contributed by atoms with Crippen LogP contribution >= 0.6 is 0 Å². The molecule has 10 nitrogen and oxygen atoms in total. The molecule has 0 bridgehead atoms. The van der Waals surface area contributed by atoms with Crippen LogP contribution in [0.2, 0.25) is 0 Å². The van der Waals surface area contributed by atoms with Crippen LogP contribution in [0.15, 0.2) is 42.5 Å². The second-order valence-electron chi connectivity index (χ2n) is 9.38. The van der Waals surface area contributed by atoms with Crippen molar-refractivity contribution in [3.05, 3.63) is 59.2 Å². The molecule has 1 amide bonds. The fourth-order valence-corrected chi connectivity index (χ4v) is 4.74. The number of aromatic carboxylic acids is 1. The van der Waals surface area contributed by atoms with Crippen LogP contribution in [0.4, 0.5) is 5.69 Å². The zero-order valence-corrected chi connectivity index (χ0v) is 21.7. The van der Waals surface area contributed by atoms with Crippen LogP contribution in [-0.2, 0) is 16.6 Å². The van der Waals surface area contributed by atoms with Crippen LogP contribution in [0.25, 0.3) is 0 Å². The second kappa shape index (κ2) is 11.3. The molecule has 0 aromatic heterocycles. The number of anilines is 1. The highest BCUT2D eigenvalue weighted by molar-refractivity contribution is 7.92. The number of rotatable bonds is 9. The minimum atomic E-state index is -3.64. The van der Waals surface area contributed by atoms with Gasteiger partial charge in [0.2, 0.25) is 10.0 Å². The maximum atomic E-state index is 13.4. The summed E-state index contributed by atoms with van der Waals surface area (Å²) in [5.74, 6) is -1.33. The molecule has 3 rings (SSSR count). The fraction of sp³-hybridized carbons (Fsp3) is 0.440. The van der Waals surface area contributed by atoms with Crippen LogP contribution < -0.4 is 9.46 Å². The Morgan fingerprint density at radius 2 is 1.92 bits per heavy atom. The lowest BCUT2D eigenvalue weighted by atomic mass is 9.99. The molecule has 0 aliphatic carbocycles. The first-order chi connectivity index (χ1) is 16.9. The first-order valence-corrected chi connectivity index (χ1v) is 13.5. The first-order valence-electron chi connectivity index (χ1n) is 11.6.